The Morgan fingerprint density at radius 2 is 1.62 bits per heavy atom. The second kappa shape index (κ2) is 7.67. The Balaban J connectivity index is 2.27. The fourth-order valence-corrected chi connectivity index (χ4v) is 2.40. The molecule has 2 aromatic carbocycles. The minimum atomic E-state index is -1.32. The van der Waals surface area contributed by atoms with Crippen LogP contribution >= 0.6 is 0 Å². The Hall–Kier alpha value is -2.77. The molecule has 0 fully saturated rings. The first-order valence-electron chi connectivity index (χ1n) is 7.33. The molecule has 7 heteroatoms. The van der Waals surface area contributed by atoms with Crippen LogP contribution in [0, 0.1) is 10.1 Å². The van der Waals surface area contributed by atoms with E-state index in [9.17, 15) is 25.1 Å². The molecular formula is C17H18N2O5. The van der Waals surface area contributed by atoms with Crippen molar-refractivity contribution in [3.05, 3.63) is 75.8 Å². The van der Waals surface area contributed by atoms with Gasteiger partial charge in [-0.2, -0.15) is 0 Å². The molecule has 24 heavy (non-hydrogen) atoms. The van der Waals surface area contributed by atoms with Crippen LogP contribution in [0.25, 0.3) is 0 Å². The molecule has 0 aliphatic heterocycles. The summed E-state index contributed by atoms with van der Waals surface area (Å²) in [5.41, 5.74) is -0.966. The van der Waals surface area contributed by atoms with Crippen molar-refractivity contribution in [2.75, 3.05) is 13.2 Å². The van der Waals surface area contributed by atoms with E-state index in [0.29, 0.717) is 0 Å². The number of nitro groups is 1. The standard InChI is InChI=1S/C17H18N2O5/c20-11-17(12-21,10-13-6-2-1-3-7-13)18-16(22)14-8-4-5-9-15(14)19(23)24/h1-9,20-21H,10-12H2,(H,18,22). The van der Waals surface area contributed by atoms with Crippen molar-refractivity contribution in [1.29, 1.82) is 0 Å². The molecule has 0 spiro atoms. The Morgan fingerprint density at radius 3 is 2.21 bits per heavy atom. The molecule has 0 bridgehead atoms. The third-order valence-electron chi connectivity index (χ3n) is 3.71. The van der Waals surface area contributed by atoms with E-state index in [1.807, 2.05) is 6.07 Å². The Morgan fingerprint density at radius 1 is 1.04 bits per heavy atom. The lowest BCUT2D eigenvalue weighted by molar-refractivity contribution is -0.385. The van der Waals surface area contributed by atoms with Crippen molar-refractivity contribution in [3.8, 4) is 0 Å². The molecule has 0 atom stereocenters. The Kier molecular flexibility index (Phi) is 5.62. The predicted octanol–water partition coefficient (Wildman–Crippen LogP) is 1.29. The summed E-state index contributed by atoms with van der Waals surface area (Å²) in [5.74, 6) is -0.721. The molecule has 0 heterocycles. The summed E-state index contributed by atoms with van der Waals surface area (Å²) in [6.45, 7) is -1.02. The van der Waals surface area contributed by atoms with Crippen molar-refractivity contribution in [3.63, 3.8) is 0 Å². The fourth-order valence-electron chi connectivity index (χ4n) is 2.40. The Bertz CT molecular complexity index is 714. The zero-order valence-corrected chi connectivity index (χ0v) is 12.9. The molecule has 2 aromatic rings. The highest BCUT2D eigenvalue weighted by Gasteiger charge is 2.33. The maximum atomic E-state index is 12.5. The van der Waals surface area contributed by atoms with E-state index in [0.717, 1.165) is 5.56 Å². The van der Waals surface area contributed by atoms with Crippen LogP contribution in [0.2, 0.25) is 0 Å². The first-order chi connectivity index (χ1) is 11.5. The zero-order valence-electron chi connectivity index (χ0n) is 12.9. The molecule has 7 nitrogen and oxygen atoms in total. The maximum absolute atomic E-state index is 12.5. The monoisotopic (exact) mass is 330 g/mol. The van der Waals surface area contributed by atoms with Crippen LogP contribution in [0.4, 0.5) is 5.69 Å². The van der Waals surface area contributed by atoms with Gasteiger partial charge in [-0.25, -0.2) is 0 Å². The minimum absolute atomic E-state index is 0.123. The van der Waals surface area contributed by atoms with Crippen molar-refractivity contribution < 1.29 is 19.9 Å². The number of hydrogen-bond donors (Lipinski definition) is 3. The summed E-state index contributed by atoms with van der Waals surface area (Å²) in [6.07, 6.45) is 0.188. The number of carbonyl (C=O) groups excluding carboxylic acids is 1. The molecule has 126 valence electrons. The second-order valence-electron chi connectivity index (χ2n) is 5.49. The topological polar surface area (TPSA) is 113 Å². The van der Waals surface area contributed by atoms with Crippen molar-refractivity contribution in [2.24, 2.45) is 0 Å². The quantitative estimate of drug-likeness (QED) is 0.523. The van der Waals surface area contributed by atoms with Gasteiger partial charge in [0, 0.05) is 12.5 Å². The first kappa shape index (κ1) is 17.6. The summed E-state index contributed by atoms with van der Waals surface area (Å²) in [7, 11) is 0. The van der Waals surface area contributed by atoms with Crippen molar-refractivity contribution in [1.82, 2.24) is 5.32 Å². The number of carbonyl (C=O) groups is 1. The Labute approximate surface area is 138 Å². The van der Waals surface area contributed by atoms with Gasteiger partial charge in [0.15, 0.2) is 0 Å². The van der Waals surface area contributed by atoms with Gasteiger partial charge in [0.1, 0.15) is 5.56 Å². The van der Waals surface area contributed by atoms with Crippen LogP contribution in [-0.2, 0) is 6.42 Å². The first-order valence-corrected chi connectivity index (χ1v) is 7.33. The number of aliphatic hydroxyl groups excluding tert-OH is 2. The van der Waals surface area contributed by atoms with Crippen molar-refractivity contribution in [2.45, 2.75) is 12.0 Å². The van der Waals surface area contributed by atoms with Crippen LogP contribution in [-0.4, -0.2) is 39.8 Å². The average Bonchev–Trinajstić information content (AvgIpc) is 2.61. The molecule has 3 N–H and O–H groups in total. The number of para-hydroxylation sites is 1. The number of aliphatic hydroxyl groups is 2. The van der Waals surface area contributed by atoms with E-state index in [-0.39, 0.29) is 17.7 Å². The van der Waals surface area contributed by atoms with Gasteiger partial charge in [0.25, 0.3) is 11.6 Å². The van der Waals surface area contributed by atoms with Crippen LogP contribution in [0.1, 0.15) is 15.9 Å². The number of benzene rings is 2. The van der Waals surface area contributed by atoms with Crippen LogP contribution in [0.3, 0.4) is 0 Å². The van der Waals surface area contributed by atoms with Gasteiger partial charge in [0.05, 0.1) is 23.7 Å². The summed E-state index contributed by atoms with van der Waals surface area (Å²) >= 11 is 0. The number of hydrogen-bond acceptors (Lipinski definition) is 5. The SMILES string of the molecule is O=C(NC(CO)(CO)Cc1ccccc1)c1ccccc1[N+](=O)[O-]. The van der Waals surface area contributed by atoms with Crippen LogP contribution < -0.4 is 5.32 Å². The van der Waals surface area contributed by atoms with Crippen LogP contribution in [0.15, 0.2) is 54.6 Å². The number of amides is 1. The van der Waals surface area contributed by atoms with E-state index >= 15 is 0 Å². The van der Waals surface area contributed by atoms with E-state index < -0.39 is 29.6 Å². The van der Waals surface area contributed by atoms with E-state index in [1.165, 1.54) is 24.3 Å². The largest absolute Gasteiger partial charge is 0.394 e. The molecule has 0 radical (unpaired) electrons. The predicted molar refractivity (Wildman–Crippen MR) is 87.6 cm³/mol. The number of nitro benzene ring substituents is 1. The highest BCUT2D eigenvalue weighted by atomic mass is 16.6. The van der Waals surface area contributed by atoms with Crippen LogP contribution in [0.5, 0.6) is 0 Å². The molecule has 0 aromatic heterocycles. The fraction of sp³-hybridized carbons (Fsp3) is 0.235. The molecular weight excluding hydrogens is 312 g/mol. The highest BCUT2D eigenvalue weighted by molar-refractivity contribution is 5.98. The second-order valence-corrected chi connectivity index (χ2v) is 5.49. The van der Waals surface area contributed by atoms with Gasteiger partial charge in [-0.05, 0) is 11.6 Å². The number of nitrogens with zero attached hydrogens (tertiary/aromatic N) is 1. The molecule has 0 aliphatic carbocycles. The van der Waals surface area contributed by atoms with Gasteiger partial charge in [-0.15, -0.1) is 0 Å². The molecule has 0 aliphatic rings. The van der Waals surface area contributed by atoms with Gasteiger partial charge in [-0.1, -0.05) is 42.5 Å². The lowest BCUT2D eigenvalue weighted by Crippen LogP contribution is -2.56. The lowest BCUT2D eigenvalue weighted by atomic mass is 9.91. The van der Waals surface area contributed by atoms with Gasteiger partial charge >= 0.3 is 0 Å². The number of nitrogens with one attached hydrogen (secondary N) is 1. The molecule has 2 rings (SSSR count). The lowest BCUT2D eigenvalue weighted by Gasteiger charge is -2.31. The van der Waals surface area contributed by atoms with Gasteiger partial charge in [0.2, 0.25) is 0 Å². The summed E-state index contributed by atoms with van der Waals surface area (Å²) < 4.78 is 0. The van der Waals surface area contributed by atoms with E-state index in [4.69, 9.17) is 0 Å². The highest BCUT2D eigenvalue weighted by Crippen LogP contribution is 2.20. The van der Waals surface area contributed by atoms with Crippen molar-refractivity contribution >= 4 is 11.6 Å². The average molecular weight is 330 g/mol. The van der Waals surface area contributed by atoms with Gasteiger partial charge in [-0.3, -0.25) is 14.9 Å². The molecule has 0 unspecified atom stereocenters. The summed E-state index contributed by atoms with van der Waals surface area (Å²) in [5, 5.41) is 33.0. The van der Waals surface area contributed by atoms with E-state index in [2.05, 4.69) is 5.32 Å². The molecule has 1 amide bonds. The van der Waals surface area contributed by atoms with E-state index in [1.54, 1.807) is 24.3 Å². The molecule has 0 saturated carbocycles. The smallest absolute Gasteiger partial charge is 0.282 e. The molecule has 0 saturated heterocycles. The normalized spacial score (nSPS) is 11.1. The summed E-state index contributed by atoms with van der Waals surface area (Å²) in [4.78, 5) is 22.9. The third-order valence-corrected chi connectivity index (χ3v) is 3.71. The number of rotatable bonds is 7. The minimum Gasteiger partial charge on any atom is -0.394 e. The zero-order chi connectivity index (χ0) is 17.6. The summed E-state index contributed by atoms with van der Waals surface area (Å²) in [6, 6.07) is 14.6. The third kappa shape index (κ3) is 3.95. The van der Waals surface area contributed by atoms with Gasteiger partial charge < -0.3 is 15.5 Å². The maximum Gasteiger partial charge on any atom is 0.282 e.